The van der Waals surface area contributed by atoms with Crippen LogP contribution in [0.25, 0.3) is 0 Å². The normalized spacial score (nSPS) is 18.0. The summed E-state index contributed by atoms with van der Waals surface area (Å²) in [6.07, 6.45) is 0.686. The highest BCUT2D eigenvalue weighted by Gasteiger charge is 2.28. The third-order valence-corrected chi connectivity index (χ3v) is 4.40. The zero-order chi connectivity index (χ0) is 14.9. The van der Waals surface area contributed by atoms with Crippen molar-refractivity contribution in [3.05, 3.63) is 40.7 Å². The van der Waals surface area contributed by atoms with Gasteiger partial charge in [-0.3, -0.25) is 0 Å². The molecule has 4 nitrogen and oxygen atoms in total. The Morgan fingerprint density at radius 2 is 2.05 bits per heavy atom. The third-order valence-electron chi connectivity index (χ3n) is 3.42. The summed E-state index contributed by atoms with van der Waals surface area (Å²) in [6.45, 7) is 6.53. The summed E-state index contributed by atoms with van der Waals surface area (Å²) < 4.78 is 18.6. The largest absolute Gasteiger partial charge is 0.372 e. The molecule has 1 aliphatic rings. The van der Waals surface area contributed by atoms with Crippen LogP contribution in [0.5, 0.6) is 0 Å². The number of anilines is 1. The Hall–Kier alpha value is -1.53. The van der Waals surface area contributed by atoms with Crippen LogP contribution in [0.3, 0.4) is 0 Å². The van der Waals surface area contributed by atoms with Gasteiger partial charge in [0, 0.05) is 19.5 Å². The molecule has 1 aromatic heterocycles. The van der Waals surface area contributed by atoms with Crippen LogP contribution in [0.1, 0.15) is 24.4 Å². The van der Waals surface area contributed by atoms with Gasteiger partial charge in [0.1, 0.15) is 10.8 Å². The Bertz CT molecular complexity index is 612. The molecule has 2 aromatic rings. The van der Waals surface area contributed by atoms with Gasteiger partial charge < -0.3 is 9.64 Å². The zero-order valence-corrected chi connectivity index (χ0v) is 13.0. The van der Waals surface area contributed by atoms with E-state index in [1.165, 1.54) is 12.1 Å². The lowest BCUT2D eigenvalue weighted by atomic mass is 10.1. The smallest absolute Gasteiger partial charge is 0.208 e. The standard InChI is InChI=1S/C15H18FN3OS/c1-15(2)10-19(7-8-20-15)14-18-17-13(21-14)9-11-3-5-12(16)6-4-11/h3-6H,7-10H2,1-2H3. The van der Waals surface area contributed by atoms with E-state index in [2.05, 4.69) is 28.9 Å². The molecular formula is C15H18FN3OS. The molecule has 3 rings (SSSR count). The van der Waals surface area contributed by atoms with Gasteiger partial charge in [0.2, 0.25) is 5.13 Å². The fourth-order valence-electron chi connectivity index (χ4n) is 2.40. The quantitative estimate of drug-likeness (QED) is 0.874. The maximum atomic E-state index is 12.9. The predicted molar refractivity (Wildman–Crippen MR) is 81.4 cm³/mol. The van der Waals surface area contributed by atoms with Crippen LogP contribution in [0.15, 0.2) is 24.3 Å². The fraction of sp³-hybridized carbons (Fsp3) is 0.467. The monoisotopic (exact) mass is 307 g/mol. The van der Waals surface area contributed by atoms with Gasteiger partial charge >= 0.3 is 0 Å². The summed E-state index contributed by atoms with van der Waals surface area (Å²) in [5.41, 5.74) is 0.891. The Morgan fingerprint density at radius 3 is 2.76 bits per heavy atom. The molecule has 1 fully saturated rings. The van der Waals surface area contributed by atoms with Crippen molar-refractivity contribution < 1.29 is 9.13 Å². The number of hydrogen-bond donors (Lipinski definition) is 0. The molecule has 0 spiro atoms. The SMILES string of the molecule is CC1(C)CN(c2nnc(Cc3ccc(F)cc3)s2)CCO1. The topological polar surface area (TPSA) is 38.2 Å². The average molecular weight is 307 g/mol. The molecule has 0 N–H and O–H groups in total. The Morgan fingerprint density at radius 1 is 1.29 bits per heavy atom. The van der Waals surface area contributed by atoms with E-state index in [9.17, 15) is 4.39 Å². The van der Waals surface area contributed by atoms with Crippen molar-refractivity contribution in [1.29, 1.82) is 0 Å². The van der Waals surface area contributed by atoms with E-state index in [1.807, 2.05) is 0 Å². The third kappa shape index (κ3) is 3.57. The molecule has 0 atom stereocenters. The van der Waals surface area contributed by atoms with Crippen LogP contribution in [0.4, 0.5) is 9.52 Å². The van der Waals surface area contributed by atoms with Crippen LogP contribution in [0.2, 0.25) is 0 Å². The van der Waals surface area contributed by atoms with Crippen molar-refractivity contribution >= 4 is 16.5 Å². The number of aromatic nitrogens is 2. The van der Waals surface area contributed by atoms with Crippen LogP contribution in [0, 0.1) is 5.82 Å². The average Bonchev–Trinajstić information content (AvgIpc) is 2.89. The molecule has 0 saturated carbocycles. The summed E-state index contributed by atoms with van der Waals surface area (Å²) in [5.74, 6) is -0.216. The number of ether oxygens (including phenoxy) is 1. The predicted octanol–water partition coefficient (Wildman–Crippen LogP) is 2.88. The van der Waals surface area contributed by atoms with Gasteiger partial charge in [-0.2, -0.15) is 0 Å². The highest BCUT2D eigenvalue weighted by atomic mass is 32.1. The minimum Gasteiger partial charge on any atom is -0.372 e. The molecule has 0 unspecified atom stereocenters. The molecule has 6 heteroatoms. The van der Waals surface area contributed by atoms with Gasteiger partial charge in [-0.05, 0) is 31.5 Å². The molecule has 0 radical (unpaired) electrons. The van der Waals surface area contributed by atoms with Gasteiger partial charge in [0.05, 0.1) is 12.2 Å². The van der Waals surface area contributed by atoms with Crippen LogP contribution in [-0.2, 0) is 11.2 Å². The van der Waals surface area contributed by atoms with E-state index in [4.69, 9.17) is 4.74 Å². The fourth-order valence-corrected chi connectivity index (χ4v) is 3.30. The summed E-state index contributed by atoms with van der Waals surface area (Å²) in [5, 5.41) is 10.4. The maximum Gasteiger partial charge on any atom is 0.208 e. The highest BCUT2D eigenvalue weighted by Crippen LogP contribution is 2.27. The first-order chi connectivity index (χ1) is 10.0. The van der Waals surface area contributed by atoms with Crippen molar-refractivity contribution in [3.63, 3.8) is 0 Å². The number of benzene rings is 1. The summed E-state index contributed by atoms with van der Waals surface area (Å²) in [4.78, 5) is 2.22. The summed E-state index contributed by atoms with van der Waals surface area (Å²) in [6, 6.07) is 6.52. The number of halogens is 1. The second-order valence-corrected chi connectivity index (χ2v) is 6.85. The zero-order valence-electron chi connectivity index (χ0n) is 12.2. The van der Waals surface area contributed by atoms with Crippen molar-refractivity contribution in [2.75, 3.05) is 24.6 Å². The number of rotatable bonds is 3. The van der Waals surface area contributed by atoms with Crippen molar-refractivity contribution in [3.8, 4) is 0 Å². The van der Waals surface area contributed by atoms with E-state index in [0.717, 1.165) is 28.8 Å². The van der Waals surface area contributed by atoms with Gasteiger partial charge in [-0.15, -0.1) is 10.2 Å². The summed E-state index contributed by atoms with van der Waals surface area (Å²) in [7, 11) is 0. The first kappa shape index (κ1) is 14.4. The van der Waals surface area contributed by atoms with Crippen LogP contribution < -0.4 is 4.90 Å². The van der Waals surface area contributed by atoms with Crippen molar-refractivity contribution in [1.82, 2.24) is 10.2 Å². The van der Waals surface area contributed by atoms with Gasteiger partial charge in [-0.1, -0.05) is 23.5 Å². The van der Waals surface area contributed by atoms with E-state index in [0.29, 0.717) is 13.0 Å². The first-order valence-electron chi connectivity index (χ1n) is 6.98. The molecular weight excluding hydrogens is 289 g/mol. The number of hydrogen-bond acceptors (Lipinski definition) is 5. The van der Waals surface area contributed by atoms with Crippen LogP contribution in [-0.4, -0.2) is 35.5 Å². The Labute approximate surface area is 127 Å². The molecule has 1 aliphatic heterocycles. The summed E-state index contributed by atoms with van der Waals surface area (Å²) >= 11 is 1.59. The molecule has 0 amide bonds. The van der Waals surface area contributed by atoms with E-state index >= 15 is 0 Å². The Kier molecular flexibility index (Phi) is 3.91. The van der Waals surface area contributed by atoms with Crippen molar-refractivity contribution in [2.24, 2.45) is 0 Å². The molecule has 1 saturated heterocycles. The van der Waals surface area contributed by atoms with Gasteiger partial charge in [0.25, 0.3) is 0 Å². The lowest BCUT2D eigenvalue weighted by molar-refractivity contribution is -0.0277. The van der Waals surface area contributed by atoms with E-state index in [-0.39, 0.29) is 11.4 Å². The number of morpholine rings is 1. The maximum absolute atomic E-state index is 12.9. The second-order valence-electron chi connectivity index (χ2n) is 5.81. The van der Waals surface area contributed by atoms with E-state index < -0.39 is 0 Å². The molecule has 112 valence electrons. The number of nitrogens with zero attached hydrogens (tertiary/aromatic N) is 3. The van der Waals surface area contributed by atoms with Crippen molar-refractivity contribution in [2.45, 2.75) is 25.9 Å². The highest BCUT2D eigenvalue weighted by molar-refractivity contribution is 7.15. The molecule has 1 aromatic carbocycles. The lowest BCUT2D eigenvalue weighted by Crippen LogP contribution is -2.48. The molecule has 0 aliphatic carbocycles. The first-order valence-corrected chi connectivity index (χ1v) is 7.79. The van der Waals surface area contributed by atoms with Crippen LogP contribution >= 0.6 is 11.3 Å². The second kappa shape index (κ2) is 5.69. The molecule has 21 heavy (non-hydrogen) atoms. The molecule has 2 heterocycles. The Balaban J connectivity index is 1.70. The molecule has 0 bridgehead atoms. The minimum atomic E-state index is -0.216. The van der Waals surface area contributed by atoms with E-state index in [1.54, 1.807) is 23.5 Å². The van der Waals surface area contributed by atoms with Gasteiger partial charge in [0.15, 0.2) is 0 Å². The lowest BCUT2D eigenvalue weighted by Gasteiger charge is -2.37. The van der Waals surface area contributed by atoms with Gasteiger partial charge in [-0.25, -0.2) is 4.39 Å². The minimum absolute atomic E-state index is 0.152.